The molecule has 0 unspecified atom stereocenters. The number of nitrogens with two attached hydrogens (primary N) is 4. The Morgan fingerprint density at radius 1 is 1.21 bits per heavy atom. The molecule has 0 saturated carbocycles. The highest BCUT2D eigenvalue weighted by Gasteiger charge is 2.19. The van der Waals surface area contributed by atoms with Crippen molar-refractivity contribution < 1.29 is 0 Å². The molecule has 0 aliphatic rings. The van der Waals surface area contributed by atoms with Gasteiger partial charge in [-0.3, -0.25) is 17.2 Å². The molecule has 0 radical (unpaired) electrons. The van der Waals surface area contributed by atoms with E-state index in [1.165, 1.54) is 0 Å². The van der Waals surface area contributed by atoms with E-state index in [1.54, 1.807) is 6.07 Å². The third kappa shape index (κ3) is 2.23. The first-order valence-electron chi connectivity index (χ1n) is 4.71. The molecule has 8 N–H and O–H groups in total. The van der Waals surface area contributed by atoms with Crippen molar-refractivity contribution in [3.8, 4) is 0 Å². The predicted octanol–water partition coefficient (Wildman–Crippen LogP) is 0.208. The smallest absolute Gasteiger partial charge is 0.144 e. The second kappa shape index (κ2) is 3.96. The molecule has 14 heavy (non-hydrogen) atoms. The van der Waals surface area contributed by atoms with E-state index >= 15 is 0 Å². The SMILES string of the molecule is CCCc1cccc(C(N)(N)N)c1N. The van der Waals surface area contributed by atoms with E-state index in [2.05, 4.69) is 6.92 Å². The molecule has 0 aliphatic heterocycles. The Bertz CT molecular complexity index is 314. The molecule has 1 aromatic carbocycles. The Morgan fingerprint density at radius 2 is 1.86 bits per heavy atom. The summed E-state index contributed by atoms with van der Waals surface area (Å²) in [5, 5.41) is 0. The zero-order chi connectivity index (χ0) is 10.8. The molecule has 4 heteroatoms. The number of benzene rings is 1. The molecule has 0 aromatic heterocycles. The van der Waals surface area contributed by atoms with Crippen LogP contribution in [0.1, 0.15) is 24.5 Å². The topological polar surface area (TPSA) is 104 Å². The molecule has 0 atom stereocenters. The van der Waals surface area contributed by atoms with Crippen molar-refractivity contribution in [2.24, 2.45) is 17.2 Å². The van der Waals surface area contributed by atoms with Gasteiger partial charge in [0.2, 0.25) is 0 Å². The summed E-state index contributed by atoms with van der Waals surface area (Å²) in [6.45, 7) is 2.09. The lowest BCUT2D eigenvalue weighted by molar-refractivity contribution is 0.490. The van der Waals surface area contributed by atoms with Gasteiger partial charge in [0.1, 0.15) is 5.79 Å². The molecular formula is C10H18N4. The molecule has 1 aromatic rings. The Labute approximate surface area is 84.3 Å². The van der Waals surface area contributed by atoms with Gasteiger partial charge in [-0.1, -0.05) is 31.5 Å². The molecule has 0 fully saturated rings. The summed E-state index contributed by atoms with van der Waals surface area (Å²) in [7, 11) is 0. The highest BCUT2D eigenvalue weighted by Crippen LogP contribution is 2.22. The third-order valence-corrected chi connectivity index (χ3v) is 2.18. The Balaban J connectivity index is 3.14. The molecule has 78 valence electrons. The maximum absolute atomic E-state index is 5.92. The summed E-state index contributed by atoms with van der Waals surface area (Å²) in [6, 6.07) is 5.60. The Hall–Kier alpha value is -1.10. The maximum Gasteiger partial charge on any atom is 0.144 e. The van der Waals surface area contributed by atoms with Crippen molar-refractivity contribution >= 4 is 5.69 Å². The van der Waals surface area contributed by atoms with Crippen LogP contribution < -0.4 is 22.9 Å². The minimum Gasteiger partial charge on any atom is -0.398 e. The van der Waals surface area contributed by atoms with E-state index in [4.69, 9.17) is 22.9 Å². The average molecular weight is 194 g/mol. The molecular weight excluding hydrogens is 176 g/mol. The number of rotatable bonds is 3. The quantitative estimate of drug-likeness (QED) is 0.408. The highest BCUT2D eigenvalue weighted by atomic mass is 15.1. The monoisotopic (exact) mass is 194 g/mol. The normalized spacial score (nSPS) is 11.7. The minimum absolute atomic E-state index is 0.600. The standard InChI is InChI=1S/C10H18N4/c1-2-4-7-5-3-6-8(9(7)11)10(12,13)14/h3,5-6H,2,4,11-14H2,1H3. The van der Waals surface area contributed by atoms with Crippen LogP contribution in [0.15, 0.2) is 18.2 Å². The first kappa shape index (κ1) is 11.0. The van der Waals surface area contributed by atoms with Crippen LogP contribution in [0.5, 0.6) is 0 Å². The highest BCUT2D eigenvalue weighted by molar-refractivity contribution is 5.56. The summed E-state index contributed by atoms with van der Waals surface area (Å²) < 4.78 is 0. The summed E-state index contributed by atoms with van der Waals surface area (Å²) in [5.74, 6) is -1.35. The third-order valence-electron chi connectivity index (χ3n) is 2.18. The van der Waals surface area contributed by atoms with Crippen LogP contribution in [0.3, 0.4) is 0 Å². The first-order valence-corrected chi connectivity index (χ1v) is 4.71. The molecule has 4 nitrogen and oxygen atoms in total. The number of hydrogen-bond acceptors (Lipinski definition) is 4. The number of para-hydroxylation sites is 1. The van der Waals surface area contributed by atoms with Crippen molar-refractivity contribution in [2.75, 3.05) is 5.73 Å². The van der Waals surface area contributed by atoms with Gasteiger partial charge in [-0.15, -0.1) is 0 Å². The van der Waals surface area contributed by atoms with Gasteiger partial charge in [0.15, 0.2) is 0 Å². The second-order valence-corrected chi connectivity index (χ2v) is 3.56. The van der Waals surface area contributed by atoms with Crippen LogP contribution in [0.2, 0.25) is 0 Å². The van der Waals surface area contributed by atoms with Crippen LogP contribution in [0.4, 0.5) is 5.69 Å². The fraction of sp³-hybridized carbons (Fsp3) is 0.400. The average Bonchev–Trinajstić information content (AvgIpc) is 2.07. The van der Waals surface area contributed by atoms with Gasteiger partial charge in [0.25, 0.3) is 0 Å². The van der Waals surface area contributed by atoms with Gasteiger partial charge in [0, 0.05) is 11.3 Å². The van der Waals surface area contributed by atoms with Crippen LogP contribution in [0, 0.1) is 0 Å². The molecule has 1 rings (SSSR count). The van der Waals surface area contributed by atoms with Crippen LogP contribution in [-0.2, 0) is 12.2 Å². The molecule has 0 saturated heterocycles. The van der Waals surface area contributed by atoms with Crippen molar-refractivity contribution in [3.05, 3.63) is 29.3 Å². The summed E-state index contributed by atoms with van der Waals surface area (Å²) in [5.41, 5.74) is 25.0. The van der Waals surface area contributed by atoms with Crippen molar-refractivity contribution in [1.82, 2.24) is 0 Å². The van der Waals surface area contributed by atoms with E-state index in [0.717, 1.165) is 18.4 Å². The first-order chi connectivity index (χ1) is 6.46. The van der Waals surface area contributed by atoms with Gasteiger partial charge in [-0.25, -0.2) is 0 Å². The number of aryl methyl sites for hydroxylation is 1. The Morgan fingerprint density at radius 3 is 2.36 bits per heavy atom. The van der Waals surface area contributed by atoms with Crippen molar-refractivity contribution in [3.63, 3.8) is 0 Å². The number of nitrogen functional groups attached to an aromatic ring is 1. The van der Waals surface area contributed by atoms with E-state index in [-0.39, 0.29) is 0 Å². The van der Waals surface area contributed by atoms with Gasteiger partial charge in [-0.05, 0) is 12.0 Å². The summed E-state index contributed by atoms with van der Waals surface area (Å²) >= 11 is 0. The van der Waals surface area contributed by atoms with E-state index < -0.39 is 5.79 Å². The van der Waals surface area contributed by atoms with Gasteiger partial charge in [0.05, 0.1) is 0 Å². The minimum atomic E-state index is -1.35. The lowest BCUT2D eigenvalue weighted by atomic mass is 10.00. The fourth-order valence-corrected chi connectivity index (χ4v) is 1.48. The largest absolute Gasteiger partial charge is 0.398 e. The van der Waals surface area contributed by atoms with E-state index in [0.29, 0.717) is 11.3 Å². The number of anilines is 1. The molecule has 0 aliphatic carbocycles. The summed E-state index contributed by atoms with van der Waals surface area (Å²) in [6.07, 6.45) is 1.94. The van der Waals surface area contributed by atoms with Crippen LogP contribution in [-0.4, -0.2) is 0 Å². The fourth-order valence-electron chi connectivity index (χ4n) is 1.48. The summed E-state index contributed by atoms with van der Waals surface area (Å²) in [4.78, 5) is 0. The Kier molecular flexibility index (Phi) is 3.10. The molecule has 0 spiro atoms. The van der Waals surface area contributed by atoms with Crippen molar-refractivity contribution in [1.29, 1.82) is 0 Å². The maximum atomic E-state index is 5.92. The van der Waals surface area contributed by atoms with Crippen molar-refractivity contribution in [2.45, 2.75) is 25.6 Å². The van der Waals surface area contributed by atoms with E-state index in [9.17, 15) is 0 Å². The van der Waals surface area contributed by atoms with Gasteiger partial charge >= 0.3 is 0 Å². The zero-order valence-corrected chi connectivity index (χ0v) is 8.46. The predicted molar refractivity (Wildman–Crippen MR) is 59.1 cm³/mol. The molecule has 0 heterocycles. The zero-order valence-electron chi connectivity index (χ0n) is 8.46. The lowest BCUT2D eigenvalue weighted by Gasteiger charge is -2.22. The van der Waals surface area contributed by atoms with Gasteiger partial charge in [-0.2, -0.15) is 0 Å². The second-order valence-electron chi connectivity index (χ2n) is 3.56. The van der Waals surface area contributed by atoms with E-state index in [1.807, 2.05) is 12.1 Å². The lowest BCUT2D eigenvalue weighted by Crippen LogP contribution is -2.54. The van der Waals surface area contributed by atoms with Gasteiger partial charge < -0.3 is 5.73 Å². The van der Waals surface area contributed by atoms with Crippen LogP contribution >= 0.6 is 0 Å². The van der Waals surface area contributed by atoms with Crippen LogP contribution in [0.25, 0.3) is 0 Å². The number of hydrogen-bond donors (Lipinski definition) is 4. The molecule has 0 amide bonds. The molecule has 0 bridgehead atoms.